The topological polar surface area (TPSA) is 32.3 Å². The molecule has 0 saturated carbocycles. The van der Waals surface area contributed by atoms with Crippen LogP contribution < -0.4 is 5.32 Å². The van der Waals surface area contributed by atoms with Crippen LogP contribution in [-0.2, 0) is 10.8 Å². The van der Waals surface area contributed by atoms with Crippen LogP contribution >= 0.6 is 0 Å². The highest BCUT2D eigenvalue weighted by atomic mass is 16.3. The third-order valence-corrected chi connectivity index (χ3v) is 3.37. The van der Waals surface area contributed by atoms with Crippen LogP contribution in [0.4, 0.5) is 5.69 Å². The van der Waals surface area contributed by atoms with Crippen molar-refractivity contribution in [1.29, 1.82) is 0 Å². The third kappa shape index (κ3) is 3.26. The lowest BCUT2D eigenvalue weighted by Gasteiger charge is -2.28. The number of hydrogen-bond acceptors (Lipinski definition) is 2. The highest BCUT2D eigenvalue weighted by Gasteiger charge is 2.24. The predicted octanol–water partition coefficient (Wildman–Crippen LogP) is 3.69. The highest BCUT2D eigenvalue weighted by molar-refractivity contribution is 5.56. The molecule has 0 aromatic heterocycles. The van der Waals surface area contributed by atoms with Gasteiger partial charge in [0.25, 0.3) is 0 Å². The van der Waals surface area contributed by atoms with Gasteiger partial charge >= 0.3 is 0 Å². The molecular weight excluding hydrogens is 222 g/mol. The number of anilines is 1. The van der Waals surface area contributed by atoms with E-state index >= 15 is 0 Å². The minimum atomic E-state index is -0.190. The number of aliphatic hydroxyl groups is 1. The van der Waals surface area contributed by atoms with Gasteiger partial charge in [-0.2, -0.15) is 0 Å². The van der Waals surface area contributed by atoms with E-state index in [1.54, 1.807) is 0 Å². The Balaban J connectivity index is 3.30. The highest BCUT2D eigenvalue weighted by Crippen LogP contribution is 2.34. The first kappa shape index (κ1) is 15.0. The molecule has 0 bridgehead atoms. The standard InChI is InChI=1S/C16H27NO/c1-7-17-14-9-8-12(16(5,6)11-18)10-13(14)15(2,3)4/h8-10,17-18H,7,11H2,1-6H3. The van der Waals surface area contributed by atoms with Crippen molar-refractivity contribution in [3.05, 3.63) is 29.3 Å². The largest absolute Gasteiger partial charge is 0.395 e. The Kier molecular flexibility index (Phi) is 4.44. The van der Waals surface area contributed by atoms with Crippen molar-refractivity contribution < 1.29 is 5.11 Å². The molecule has 18 heavy (non-hydrogen) atoms. The Hall–Kier alpha value is -1.02. The zero-order chi connectivity index (χ0) is 14.0. The summed E-state index contributed by atoms with van der Waals surface area (Å²) >= 11 is 0. The Labute approximate surface area is 111 Å². The van der Waals surface area contributed by atoms with Crippen molar-refractivity contribution in [3.63, 3.8) is 0 Å². The Bertz CT molecular complexity index is 402. The van der Waals surface area contributed by atoms with Gasteiger partial charge in [0.2, 0.25) is 0 Å². The molecular formula is C16H27NO. The van der Waals surface area contributed by atoms with Crippen molar-refractivity contribution in [2.45, 2.75) is 52.4 Å². The first-order valence-electron chi connectivity index (χ1n) is 6.72. The predicted molar refractivity (Wildman–Crippen MR) is 79.4 cm³/mol. The second kappa shape index (κ2) is 5.31. The van der Waals surface area contributed by atoms with Crippen molar-refractivity contribution >= 4 is 5.69 Å². The molecule has 0 aliphatic rings. The van der Waals surface area contributed by atoms with E-state index in [9.17, 15) is 5.11 Å². The van der Waals surface area contributed by atoms with E-state index in [0.717, 1.165) is 6.54 Å². The molecule has 0 saturated heterocycles. The summed E-state index contributed by atoms with van der Waals surface area (Å²) in [7, 11) is 0. The summed E-state index contributed by atoms with van der Waals surface area (Å²) in [6.45, 7) is 14.0. The van der Waals surface area contributed by atoms with Crippen molar-refractivity contribution in [2.75, 3.05) is 18.5 Å². The number of nitrogens with one attached hydrogen (secondary N) is 1. The molecule has 2 heteroatoms. The Morgan fingerprint density at radius 3 is 2.17 bits per heavy atom. The average Bonchev–Trinajstić information content (AvgIpc) is 2.28. The van der Waals surface area contributed by atoms with Crippen LogP contribution in [-0.4, -0.2) is 18.3 Å². The van der Waals surface area contributed by atoms with E-state index in [2.05, 4.69) is 65.1 Å². The third-order valence-electron chi connectivity index (χ3n) is 3.37. The first-order chi connectivity index (χ1) is 8.22. The van der Waals surface area contributed by atoms with E-state index < -0.39 is 0 Å². The average molecular weight is 249 g/mol. The van der Waals surface area contributed by atoms with Crippen molar-refractivity contribution in [2.24, 2.45) is 0 Å². The first-order valence-corrected chi connectivity index (χ1v) is 6.72. The zero-order valence-corrected chi connectivity index (χ0v) is 12.6. The van der Waals surface area contributed by atoms with Gasteiger partial charge in [0.05, 0.1) is 6.61 Å². The van der Waals surface area contributed by atoms with Gasteiger partial charge in [-0.25, -0.2) is 0 Å². The maximum Gasteiger partial charge on any atom is 0.0522 e. The smallest absolute Gasteiger partial charge is 0.0522 e. The molecule has 102 valence electrons. The Morgan fingerprint density at radius 2 is 1.72 bits per heavy atom. The maximum atomic E-state index is 9.50. The monoisotopic (exact) mass is 249 g/mol. The summed E-state index contributed by atoms with van der Waals surface area (Å²) in [5.74, 6) is 0. The fourth-order valence-corrected chi connectivity index (χ4v) is 2.02. The minimum Gasteiger partial charge on any atom is -0.395 e. The summed E-state index contributed by atoms with van der Waals surface area (Å²) in [4.78, 5) is 0. The molecule has 0 fully saturated rings. The van der Waals surface area contributed by atoms with E-state index in [1.807, 2.05) is 0 Å². The van der Waals surface area contributed by atoms with Gasteiger partial charge in [-0.1, -0.05) is 46.8 Å². The number of hydrogen-bond donors (Lipinski definition) is 2. The maximum absolute atomic E-state index is 9.50. The van der Waals surface area contributed by atoms with Gasteiger partial charge < -0.3 is 10.4 Å². The SMILES string of the molecule is CCNc1ccc(C(C)(C)CO)cc1C(C)(C)C. The molecule has 0 amide bonds. The number of rotatable bonds is 4. The van der Waals surface area contributed by atoms with Crippen LogP contribution in [0.1, 0.15) is 52.7 Å². The van der Waals surface area contributed by atoms with Crippen molar-refractivity contribution in [1.82, 2.24) is 0 Å². The molecule has 0 atom stereocenters. The molecule has 2 N–H and O–H groups in total. The van der Waals surface area contributed by atoms with Gasteiger partial charge in [-0.05, 0) is 29.5 Å². The second-order valence-corrected chi connectivity index (χ2v) is 6.58. The molecule has 1 rings (SSSR count). The van der Waals surface area contributed by atoms with Crippen LogP contribution in [0.25, 0.3) is 0 Å². The summed E-state index contributed by atoms with van der Waals surface area (Å²) in [5, 5.41) is 12.9. The zero-order valence-electron chi connectivity index (χ0n) is 12.6. The summed E-state index contributed by atoms with van der Waals surface area (Å²) < 4.78 is 0. The number of aliphatic hydroxyl groups excluding tert-OH is 1. The lowest BCUT2D eigenvalue weighted by atomic mass is 9.79. The second-order valence-electron chi connectivity index (χ2n) is 6.58. The van der Waals surface area contributed by atoms with E-state index in [0.29, 0.717) is 0 Å². The fraction of sp³-hybridized carbons (Fsp3) is 0.625. The van der Waals surface area contributed by atoms with Crippen LogP contribution in [0.3, 0.4) is 0 Å². The van der Waals surface area contributed by atoms with E-state index in [4.69, 9.17) is 0 Å². The fourth-order valence-electron chi connectivity index (χ4n) is 2.02. The Morgan fingerprint density at radius 1 is 1.11 bits per heavy atom. The van der Waals surface area contributed by atoms with Gasteiger partial charge in [-0.3, -0.25) is 0 Å². The summed E-state index contributed by atoms with van der Waals surface area (Å²) in [6.07, 6.45) is 0. The molecule has 0 spiro atoms. The summed E-state index contributed by atoms with van der Waals surface area (Å²) in [6, 6.07) is 6.48. The molecule has 1 aromatic carbocycles. The molecule has 0 aliphatic heterocycles. The van der Waals surface area contributed by atoms with Gasteiger partial charge in [-0.15, -0.1) is 0 Å². The van der Waals surface area contributed by atoms with E-state index in [1.165, 1.54) is 16.8 Å². The normalized spacial score (nSPS) is 12.6. The molecule has 0 aliphatic carbocycles. The minimum absolute atomic E-state index is 0.0963. The molecule has 0 radical (unpaired) electrons. The molecule has 0 unspecified atom stereocenters. The van der Waals surface area contributed by atoms with Gasteiger partial charge in [0, 0.05) is 17.6 Å². The lowest BCUT2D eigenvalue weighted by molar-refractivity contribution is 0.218. The van der Waals surface area contributed by atoms with Crippen LogP contribution in [0, 0.1) is 0 Å². The van der Waals surface area contributed by atoms with Crippen LogP contribution in [0.5, 0.6) is 0 Å². The number of benzene rings is 1. The van der Waals surface area contributed by atoms with Gasteiger partial charge in [0.1, 0.15) is 0 Å². The quantitative estimate of drug-likeness (QED) is 0.853. The summed E-state index contributed by atoms with van der Waals surface area (Å²) in [5.41, 5.74) is 3.60. The van der Waals surface area contributed by atoms with Crippen LogP contribution in [0.15, 0.2) is 18.2 Å². The van der Waals surface area contributed by atoms with Crippen molar-refractivity contribution in [3.8, 4) is 0 Å². The van der Waals surface area contributed by atoms with Gasteiger partial charge in [0.15, 0.2) is 0 Å². The molecule has 2 nitrogen and oxygen atoms in total. The van der Waals surface area contributed by atoms with Crippen LogP contribution in [0.2, 0.25) is 0 Å². The molecule has 1 aromatic rings. The molecule has 0 heterocycles. The van der Waals surface area contributed by atoms with E-state index in [-0.39, 0.29) is 17.4 Å². The lowest BCUT2D eigenvalue weighted by Crippen LogP contribution is -2.24.